The highest BCUT2D eigenvalue weighted by atomic mass is 35.5. The van der Waals surface area contributed by atoms with Gasteiger partial charge >= 0.3 is 5.97 Å². The number of aliphatic hydroxyl groups is 1. The molecule has 5 atom stereocenters. The van der Waals surface area contributed by atoms with Crippen LogP contribution in [0.2, 0.25) is 10.0 Å². The fourth-order valence-electron chi connectivity index (χ4n) is 7.27. The van der Waals surface area contributed by atoms with Crippen molar-refractivity contribution in [1.29, 1.82) is 0 Å². The van der Waals surface area contributed by atoms with E-state index in [1.807, 2.05) is 30.3 Å². The Morgan fingerprint density at radius 1 is 1.12 bits per heavy atom. The van der Waals surface area contributed by atoms with Gasteiger partial charge in [-0.1, -0.05) is 65.6 Å². The van der Waals surface area contributed by atoms with Crippen molar-refractivity contribution in [2.75, 3.05) is 0 Å². The molecule has 0 saturated heterocycles. The number of benzene rings is 2. The Balaban J connectivity index is 1.22. The van der Waals surface area contributed by atoms with Crippen LogP contribution < -0.4 is 0 Å². The molecule has 218 valence electrons. The largest absolute Gasteiger partial charge is 0.481 e. The fourth-order valence-corrected chi connectivity index (χ4v) is 7.84. The maximum absolute atomic E-state index is 12.3. The van der Waals surface area contributed by atoms with Gasteiger partial charge in [0.2, 0.25) is 0 Å². The van der Waals surface area contributed by atoms with Gasteiger partial charge in [-0.3, -0.25) is 4.79 Å². The molecule has 2 bridgehead atoms. The normalized spacial score (nSPS) is 27.8. The second-order valence-corrected chi connectivity index (χ2v) is 13.9. The van der Waals surface area contributed by atoms with Crippen LogP contribution in [0.4, 0.5) is 0 Å². The zero-order valence-electron chi connectivity index (χ0n) is 23.7. The molecule has 1 heterocycles. The summed E-state index contributed by atoms with van der Waals surface area (Å²) >= 11 is 13.1. The van der Waals surface area contributed by atoms with Crippen LogP contribution in [-0.2, 0) is 28.2 Å². The summed E-state index contributed by atoms with van der Waals surface area (Å²) in [5.41, 5.74) is 2.20. The average molecular weight is 599 g/mol. The predicted molar refractivity (Wildman–Crippen MR) is 158 cm³/mol. The smallest absolute Gasteiger partial charge is 0.309 e. The van der Waals surface area contributed by atoms with Crippen LogP contribution in [0.15, 0.2) is 47.0 Å². The van der Waals surface area contributed by atoms with Crippen molar-refractivity contribution in [3.63, 3.8) is 0 Å². The molecule has 0 aliphatic heterocycles. The van der Waals surface area contributed by atoms with Crippen molar-refractivity contribution >= 4 is 29.2 Å². The Kier molecular flexibility index (Phi) is 7.51. The van der Waals surface area contributed by atoms with E-state index in [-0.39, 0.29) is 17.9 Å². The summed E-state index contributed by atoms with van der Waals surface area (Å²) < 4.78 is 12.4. The Morgan fingerprint density at radius 3 is 2.49 bits per heavy atom. The molecule has 3 aromatic rings. The molecule has 41 heavy (non-hydrogen) atoms. The minimum atomic E-state index is -0.963. The van der Waals surface area contributed by atoms with Crippen LogP contribution >= 0.6 is 23.2 Å². The number of aromatic nitrogens is 1. The van der Waals surface area contributed by atoms with E-state index in [0.717, 1.165) is 54.6 Å². The number of carboxylic acid groups (broad SMARTS) is 1. The number of fused-ring (bicyclic) bond motifs is 2. The van der Waals surface area contributed by atoms with Gasteiger partial charge in [0.05, 0.1) is 33.8 Å². The summed E-state index contributed by atoms with van der Waals surface area (Å²) in [6.07, 6.45) is 4.94. The van der Waals surface area contributed by atoms with Crippen LogP contribution in [0.5, 0.6) is 0 Å². The highest BCUT2D eigenvalue weighted by molar-refractivity contribution is 6.39. The van der Waals surface area contributed by atoms with E-state index in [1.54, 1.807) is 26.0 Å². The summed E-state index contributed by atoms with van der Waals surface area (Å²) in [6.45, 7) is 6.04. The Bertz CT molecular complexity index is 1440. The molecule has 3 saturated carbocycles. The quantitative estimate of drug-likeness (QED) is 0.259. The Hall–Kier alpha value is -2.38. The van der Waals surface area contributed by atoms with Gasteiger partial charge < -0.3 is 19.5 Å². The van der Waals surface area contributed by atoms with Gasteiger partial charge in [-0.15, -0.1) is 0 Å². The number of carbonyl (C=O) groups is 1. The van der Waals surface area contributed by atoms with Crippen molar-refractivity contribution < 1.29 is 24.3 Å². The number of hydrogen-bond donors (Lipinski definition) is 2. The first-order valence-corrected chi connectivity index (χ1v) is 15.3. The first-order chi connectivity index (χ1) is 19.5. The number of rotatable bonds is 9. The van der Waals surface area contributed by atoms with Crippen molar-refractivity contribution in [2.45, 2.75) is 83.5 Å². The molecular weight excluding hydrogens is 561 g/mol. The van der Waals surface area contributed by atoms with Gasteiger partial charge in [0.25, 0.3) is 0 Å². The average Bonchev–Trinajstić information content (AvgIpc) is 3.66. The third-order valence-electron chi connectivity index (χ3n) is 9.64. The van der Waals surface area contributed by atoms with Gasteiger partial charge in [-0.05, 0) is 93.4 Å². The SMILES string of the molecule is C[C@H]1C[C@@H]2C[C@@H](OCc3c(-c4c(Cl)cccc4Cl)noc3C3CC3)C[C@H]1[C@]2(O)c1cccc(CC(C)(C)C(=O)O)c1. The molecule has 3 fully saturated rings. The van der Waals surface area contributed by atoms with E-state index in [0.29, 0.717) is 46.2 Å². The number of carboxylic acids is 1. The molecule has 1 aromatic heterocycles. The highest BCUT2D eigenvalue weighted by Gasteiger charge is 2.57. The van der Waals surface area contributed by atoms with E-state index in [9.17, 15) is 15.0 Å². The molecule has 0 spiro atoms. The standard InChI is InChI=1S/C33H37Cl2NO5/c1-18-12-22-14-23(15-25(18)33(22,39)21-7-4-6-19(13-21)16-32(2,3)31(37)38)40-17-24-29(36-41-30(24)20-10-11-20)28-26(34)8-5-9-27(28)35/h4-9,13,18,20,22-23,25,39H,10-12,14-17H2,1-3H3,(H,37,38)/t18-,22+,23+,25+,33-/m0/s1. The van der Waals surface area contributed by atoms with Crippen LogP contribution in [0, 0.1) is 23.2 Å². The molecule has 2 aromatic carbocycles. The first-order valence-electron chi connectivity index (χ1n) is 14.6. The van der Waals surface area contributed by atoms with Crippen molar-refractivity contribution in [2.24, 2.45) is 23.2 Å². The number of ether oxygens (including phenoxy) is 1. The lowest BCUT2D eigenvalue weighted by atomic mass is 9.68. The lowest BCUT2D eigenvalue weighted by molar-refractivity contribution is -0.146. The van der Waals surface area contributed by atoms with Crippen LogP contribution in [0.25, 0.3) is 11.3 Å². The Morgan fingerprint density at radius 2 is 1.83 bits per heavy atom. The van der Waals surface area contributed by atoms with E-state index in [2.05, 4.69) is 12.1 Å². The zero-order chi connectivity index (χ0) is 29.1. The molecule has 3 aliphatic rings. The molecule has 2 N–H and O–H groups in total. The van der Waals surface area contributed by atoms with Crippen molar-refractivity contribution in [3.05, 3.63) is 75.0 Å². The second-order valence-electron chi connectivity index (χ2n) is 13.1. The topological polar surface area (TPSA) is 92.8 Å². The van der Waals surface area contributed by atoms with E-state index < -0.39 is 17.0 Å². The van der Waals surface area contributed by atoms with Gasteiger partial charge in [0.15, 0.2) is 0 Å². The zero-order valence-corrected chi connectivity index (χ0v) is 25.2. The molecule has 8 heteroatoms. The van der Waals surface area contributed by atoms with Crippen molar-refractivity contribution in [3.8, 4) is 11.3 Å². The van der Waals surface area contributed by atoms with Gasteiger partial charge in [0.1, 0.15) is 11.5 Å². The number of halogens is 2. The monoisotopic (exact) mass is 597 g/mol. The summed E-state index contributed by atoms with van der Waals surface area (Å²) in [4.78, 5) is 11.7. The minimum Gasteiger partial charge on any atom is -0.481 e. The molecule has 0 unspecified atom stereocenters. The highest BCUT2D eigenvalue weighted by Crippen LogP contribution is 2.58. The minimum absolute atomic E-state index is 0.0131. The van der Waals surface area contributed by atoms with Crippen molar-refractivity contribution in [1.82, 2.24) is 5.16 Å². The fraction of sp³-hybridized carbons (Fsp3) is 0.515. The third-order valence-corrected chi connectivity index (χ3v) is 10.3. The number of nitrogens with zero attached hydrogens (tertiary/aromatic N) is 1. The third kappa shape index (κ3) is 5.22. The summed E-state index contributed by atoms with van der Waals surface area (Å²) in [5, 5.41) is 27.3. The van der Waals surface area contributed by atoms with Gasteiger partial charge in [-0.2, -0.15) is 0 Å². The molecule has 6 nitrogen and oxygen atoms in total. The van der Waals surface area contributed by atoms with Crippen LogP contribution in [-0.4, -0.2) is 27.4 Å². The number of aliphatic carboxylic acids is 1. The molecular formula is C33H37Cl2NO5. The lowest BCUT2D eigenvalue weighted by Gasteiger charge is -2.44. The maximum Gasteiger partial charge on any atom is 0.309 e. The first kappa shape index (κ1) is 28.7. The van der Waals surface area contributed by atoms with E-state index in [4.69, 9.17) is 32.5 Å². The maximum atomic E-state index is 12.3. The Labute approximate surface area is 251 Å². The summed E-state index contributed by atoms with van der Waals surface area (Å²) in [5.74, 6) is 0.810. The summed E-state index contributed by atoms with van der Waals surface area (Å²) in [6, 6.07) is 13.3. The molecule has 3 aliphatic carbocycles. The van der Waals surface area contributed by atoms with Crippen LogP contribution in [0.3, 0.4) is 0 Å². The second kappa shape index (κ2) is 10.7. The van der Waals surface area contributed by atoms with Gasteiger partial charge in [-0.25, -0.2) is 0 Å². The van der Waals surface area contributed by atoms with E-state index >= 15 is 0 Å². The molecule has 0 amide bonds. The lowest BCUT2D eigenvalue weighted by Crippen LogP contribution is -2.45. The van der Waals surface area contributed by atoms with Crippen LogP contribution in [0.1, 0.15) is 81.2 Å². The summed E-state index contributed by atoms with van der Waals surface area (Å²) in [7, 11) is 0. The van der Waals surface area contributed by atoms with Gasteiger partial charge in [0, 0.05) is 17.0 Å². The van der Waals surface area contributed by atoms with E-state index in [1.165, 1.54) is 0 Å². The number of hydrogen-bond acceptors (Lipinski definition) is 5. The molecule has 0 radical (unpaired) electrons. The molecule has 6 rings (SSSR count). The predicted octanol–water partition coefficient (Wildman–Crippen LogP) is 8.02.